The quantitative estimate of drug-likeness (QED) is 0.618. The fourth-order valence-electron chi connectivity index (χ4n) is 2.02. The van der Waals surface area contributed by atoms with Gasteiger partial charge in [-0.1, -0.05) is 49.2 Å². The van der Waals surface area contributed by atoms with Crippen molar-refractivity contribution in [2.24, 2.45) is 0 Å². The van der Waals surface area contributed by atoms with E-state index in [0.717, 1.165) is 19.3 Å². The number of ketones is 1. The van der Waals surface area contributed by atoms with Gasteiger partial charge in [0.05, 0.1) is 5.02 Å². The van der Waals surface area contributed by atoms with Crippen LogP contribution in [0.2, 0.25) is 5.02 Å². The Balaban J connectivity index is 1.88. The summed E-state index contributed by atoms with van der Waals surface area (Å²) in [5.41, 5.74) is 1.97. The van der Waals surface area contributed by atoms with Gasteiger partial charge in [-0.3, -0.25) is 4.79 Å². The number of aryl methyl sites for hydroxylation is 1. The molecule has 0 saturated heterocycles. The zero-order valence-corrected chi connectivity index (χ0v) is 13.2. The van der Waals surface area contributed by atoms with Crippen LogP contribution >= 0.6 is 11.6 Å². The first kappa shape index (κ1) is 16.3. The molecule has 0 saturated carbocycles. The number of rotatable bonds is 7. The van der Waals surface area contributed by atoms with Crippen LogP contribution in [0.25, 0.3) is 0 Å². The Kier molecular flexibility index (Phi) is 5.78. The first-order valence-corrected chi connectivity index (χ1v) is 7.61. The van der Waals surface area contributed by atoms with Gasteiger partial charge < -0.3 is 9.72 Å². The monoisotopic (exact) mass is 319 g/mol. The molecule has 5 heteroatoms. The molecule has 0 amide bonds. The lowest BCUT2D eigenvalue weighted by Crippen LogP contribution is -2.14. The molecule has 22 heavy (non-hydrogen) atoms. The van der Waals surface area contributed by atoms with Gasteiger partial charge in [-0.2, -0.15) is 0 Å². The third-order valence-electron chi connectivity index (χ3n) is 3.30. The standard InChI is InChI=1S/C17H18ClNO3/c1-2-3-4-12-5-7-13(8-6-12)16(20)11-22-17(21)15-9-14(18)10-19-15/h5-10,19H,2-4,11H2,1H3. The van der Waals surface area contributed by atoms with E-state index in [-0.39, 0.29) is 18.1 Å². The van der Waals surface area contributed by atoms with E-state index in [4.69, 9.17) is 16.3 Å². The molecule has 0 aliphatic carbocycles. The number of carbonyl (C=O) groups is 2. The summed E-state index contributed by atoms with van der Waals surface area (Å²) < 4.78 is 4.97. The minimum atomic E-state index is -0.597. The second kappa shape index (κ2) is 7.80. The number of hydrogen-bond donors (Lipinski definition) is 1. The zero-order chi connectivity index (χ0) is 15.9. The molecule has 1 aromatic carbocycles. The molecule has 0 aliphatic rings. The van der Waals surface area contributed by atoms with Gasteiger partial charge in [-0.15, -0.1) is 0 Å². The largest absolute Gasteiger partial charge is 0.453 e. The molecule has 4 nitrogen and oxygen atoms in total. The van der Waals surface area contributed by atoms with Crippen LogP contribution in [0.4, 0.5) is 0 Å². The molecule has 0 atom stereocenters. The summed E-state index contributed by atoms with van der Waals surface area (Å²) in [6.45, 7) is 1.85. The number of aromatic amines is 1. The summed E-state index contributed by atoms with van der Waals surface area (Å²) in [6.07, 6.45) is 4.76. The highest BCUT2D eigenvalue weighted by molar-refractivity contribution is 6.30. The van der Waals surface area contributed by atoms with Crippen molar-refractivity contribution in [3.8, 4) is 0 Å². The first-order chi connectivity index (χ1) is 10.6. The number of aromatic nitrogens is 1. The fourth-order valence-corrected chi connectivity index (χ4v) is 2.18. The lowest BCUT2D eigenvalue weighted by Gasteiger charge is -2.05. The predicted octanol–water partition coefficient (Wildman–Crippen LogP) is 4.05. The molecule has 0 fully saturated rings. The molecular formula is C17H18ClNO3. The topological polar surface area (TPSA) is 59.2 Å². The summed E-state index contributed by atoms with van der Waals surface area (Å²) in [5.74, 6) is -0.826. The summed E-state index contributed by atoms with van der Waals surface area (Å²) >= 11 is 5.71. The van der Waals surface area contributed by atoms with Crippen LogP contribution in [0.5, 0.6) is 0 Å². The average Bonchev–Trinajstić information content (AvgIpc) is 2.97. The van der Waals surface area contributed by atoms with E-state index in [1.54, 1.807) is 12.1 Å². The van der Waals surface area contributed by atoms with Crippen LogP contribution < -0.4 is 0 Å². The van der Waals surface area contributed by atoms with E-state index < -0.39 is 5.97 Å². The van der Waals surface area contributed by atoms with Crippen molar-refractivity contribution in [2.45, 2.75) is 26.2 Å². The predicted molar refractivity (Wildman–Crippen MR) is 85.5 cm³/mol. The SMILES string of the molecule is CCCCc1ccc(C(=O)COC(=O)c2cc(Cl)c[nH]2)cc1. The Hall–Kier alpha value is -2.07. The molecule has 1 heterocycles. The Labute approximate surface area is 134 Å². The number of halogens is 1. The Morgan fingerprint density at radius 2 is 1.95 bits per heavy atom. The van der Waals surface area contributed by atoms with E-state index in [9.17, 15) is 9.59 Å². The highest BCUT2D eigenvalue weighted by Crippen LogP contribution is 2.11. The van der Waals surface area contributed by atoms with Gasteiger partial charge in [0.2, 0.25) is 0 Å². The zero-order valence-electron chi connectivity index (χ0n) is 12.4. The normalized spacial score (nSPS) is 10.5. The van der Waals surface area contributed by atoms with Crippen molar-refractivity contribution in [3.63, 3.8) is 0 Å². The van der Waals surface area contributed by atoms with E-state index in [0.29, 0.717) is 10.6 Å². The molecule has 116 valence electrons. The van der Waals surface area contributed by atoms with Gasteiger partial charge in [0.15, 0.2) is 12.4 Å². The van der Waals surface area contributed by atoms with Crippen molar-refractivity contribution in [1.82, 2.24) is 4.98 Å². The van der Waals surface area contributed by atoms with Gasteiger partial charge in [-0.25, -0.2) is 4.79 Å². The third kappa shape index (κ3) is 4.46. The lowest BCUT2D eigenvalue weighted by atomic mass is 10.0. The average molecular weight is 320 g/mol. The van der Waals surface area contributed by atoms with Gasteiger partial charge in [0.1, 0.15) is 5.69 Å². The van der Waals surface area contributed by atoms with Gasteiger partial charge in [-0.05, 0) is 24.5 Å². The first-order valence-electron chi connectivity index (χ1n) is 7.23. The summed E-state index contributed by atoms with van der Waals surface area (Å²) in [5, 5.41) is 0.418. The fraction of sp³-hybridized carbons (Fsp3) is 0.294. The van der Waals surface area contributed by atoms with Gasteiger partial charge >= 0.3 is 5.97 Å². The highest BCUT2D eigenvalue weighted by atomic mass is 35.5. The summed E-state index contributed by atoms with van der Waals surface area (Å²) in [6, 6.07) is 8.88. The van der Waals surface area contributed by atoms with E-state index in [1.165, 1.54) is 17.8 Å². The van der Waals surface area contributed by atoms with Crippen molar-refractivity contribution in [2.75, 3.05) is 6.61 Å². The highest BCUT2D eigenvalue weighted by Gasteiger charge is 2.13. The van der Waals surface area contributed by atoms with Crippen LogP contribution in [0.15, 0.2) is 36.5 Å². The van der Waals surface area contributed by atoms with Crippen LogP contribution in [-0.4, -0.2) is 23.3 Å². The molecule has 1 aromatic heterocycles. The minimum Gasteiger partial charge on any atom is -0.453 e. The van der Waals surface area contributed by atoms with Crippen LogP contribution in [-0.2, 0) is 11.2 Å². The second-order valence-electron chi connectivity index (χ2n) is 5.03. The number of benzene rings is 1. The number of Topliss-reactive ketones (excluding diaryl/α,β-unsaturated/α-hetero) is 1. The maximum atomic E-state index is 12.0. The summed E-state index contributed by atoms with van der Waals surface area (Å²) in [4.78, 5) is 26.4. The molecule has 0 bridgehead atoms. The molecule has 2 aromatic rings. The number of ether oxygens (including phenoxy) is 1. The lowest BCUT2D eigenvalue weighted by molar-refractivity contribution is 0.0469. The van der Waals surface area contributed by atoms with Crippen molar-refractivity contribution in [1.29, 1.82) is 0 Å². The molecule has 0 unspecified atom stereocenters. The number of H-pyrrole nitrogens is 1. The van der Waals surface area contributed by atoms with Gasteiger partial charge in [0, 0.05) is 11.8 Å². The third-order valence-corrected chi connectivity index (χ3v) is 3.52. The maximum absolute atomic E-state index is 12.0. The Bertz CT molecular complexity index is 646. The van der Waals surface area contributed by atoms with Crippen molar-refractivity contribution >= 4 is 23.4 Å². The molecule has 0 spiro atoms. The number of hydrogen-bond acceptors (Lipinski definition) is 3. The van der Waals surface area contributed by atoms with Crippen LogP contribution in [0, 0.1) is 0 Å². The van der Waals surface area contributed by atoms with E-state index in [2.05, 4.69) is 11.9 Å². The van der Waals surface area contributed by atoms with E-state index >= 15 is 0 Å². The molecule has 2 rings (SSSR count). The van der Waals surface area contributed by atoms with Crippen molar-refractivity contribution in [3.05, 3.63) is 58.4 Å². The van der Waals surface area contributed by atoms with Crippen LogP contribution in [0.1, 0.15) is 46.2 Å². The molecular weight excluding hydrogens is 302 g/mol. The Morgan fingerprint density at radius 1 is 1.23 bits per heavy atom. The molecule has 0 radical (unpaired) electrons. The van der Waals surface area contributed by atoms with Crippen molar-refractivity contribution < 1.29 is 14.3 Å². The maximum Gasteiger partial charge on any atom is 0.355 e. The number of esters is 1. The van der Waals surface area contributed by atoms with Gasteiger partial charge in [0.25, 0.3) is 0 Å². The smallest absolute Gasteiger partial charge is 0.355 e. The number of carbonyl (C=O) groups excluding carboxylic acids is 2. The molecule has 0 aliphatic heterocycles. The van der Waals surface area contributed by atoms with E-state index in [1.807, 2.05) is 12.1 Å². The number of unbranched alkanes of at least 4 members (excludes halogenated alkanes) is 1. The summed E-state index contributed by atoms with van der Waals surface area (Å²) in [7, 11) is 0. The molecule has 1 N–H and O–H groups in total. The second-order valence-corrected chi connectivity index (χ2v) is 5.47. The minimum absolute atomic E-state index is 0.229. The van der Waals surface area contributed by atoms with Crippen LogP contribution in [0.3, 0.4) is 0 Å². The Morgan fingerprint density at radius 3 is 2.55 bits per heavy atom. The number of nitrogens with one attached hydrogen (secondary N) is 1.